The van der Waals surface area contributed by atoms with E-state index in [1.807, 2.05) is 0 Å². The summed E-state index contributed by atoms with van der Waals surface area (Å²) < 4.78 is 0. The van der Waals surface area contributed by atoms with Crippen molar-refractivity contribution in [3.63, 3.8) is 0 Å². The summed E-state index contributed by atoms with van der Waals surface area (Å²) in [6.45, 7) is 21.9. The van der Waals surface area contributed by atoms with Gasteiger partial charge in [0.25, 0.3) is 0 Å². The van der Waals surface area contributed by atoms with Gasteiger partial charge in [-0.2, -0.15) is 0 Å². The van der Waals surface area contributed by atoms with E-state index in [-0.39, 0.29) is 0 Å². The molecular weight excluding hydrogens is 420 g/mol. The molecule has 5 unspecified atom stereocenters. The number of rotatable bonds is 25. The fourth-order valence-electron chi connectivity index (χ4n) is 5.90. The van der Waals surface area contributed by atoms with Gasteiger partial charge in [0.1, 0.15) is 0 Å². The van der Waals surface area contributed by atoms with E-state index >= 15 is 0 Å². The molecule has 212 valence electrons. The summed E-state index contributed by atoms with van der Waals surface area (Å²) in [6, 6.07) is 0. The second-order valence-corrected chi connectivity index (χ2v) is 14.3. The van der Waals surface area contributed by atoms with Crippen molar-refractivity contribution in [3.8, 4) is 0 Å². The Hall–Kier alpha value is 0. The molecule has 0 saturated carbocycles. The van der Waals surface area contributed by atoms with Crippen LogP contribution in [0.5, 0.6) is 0 Å². The third-order valence-corrected chi connectivity index (χ3v) is 8.78. The lowest BCUT2D eigenvalue weighted by Gasteiger charge is -2.17. The van der Waals surface area contributed by atoms with Gasteiger partial charge in [-0.15, -0.1) is 0 Å². The third-order valence-electron chi connectivity index (χ3n) is 8.78. The Balaban J connectivity index is 3.59. The molecule has 0 N–H and O–H groups in total. The quantitative estimate of drug-likeness (QED) is 0.111. The van der Waals surface area contributed by atoms with E-state index in [0.717, 1.165) is 41.4 Å². The molecular formula is C35H72. The Morgan fingerprint density at radius 2 is 0.400 bits per heavy atom. The lowest BCUT2D eigenvalue weighted by molar-refractivity contribution is 0.363. The molecule has 0 fully saturated rings. The minimum absolute atomic E-state index is 0.876. The smallest absolute Gasteiger partial charge is 0.0443 e. The normalized spacial score (nSPS) is 16.5. The average molecular weight is 493 g/mol. The van der Waals surface area contributed by atoms with Gasteiger partial charge in [0.15, 0.2) is 0 Å². The van der Waals surface area contributed by atoms with Gasteiger partial charge in [-0.05, 0) is 41.4 Å². The highest BCUT2D eigenvalue weighted by Gasteiger charge is 2.10. The van der Waals surface area contributed by atoms with Gasteiger partial charge in [-0.1, -0.05) is 184 Å². The number of unbranched alkanes of at least 4 members (excludes halogenated alkanes) is 1. The number of hydrogen-bond acceptors (Lipinski definition) is 0. The predicted octanol–water partition coefficient (Wildman–Crippen LogP) is 12.9. The average Bonchev–Trinajstić information content (AvgIpc) is 2.76. The van der Waals surface area contributed by atoms with Crippen molar-refractivity contribution < 1.29 is 0 Å². The minimum Gasteiger partial charge on any atom is -0.0628 e. The molecule has 0 saturated heterocycles. The van der Waals surface area contributed by atoms with Crippen molar-refractivity contribution in [2.45, 2.75) is 184 Å². The Bertz CT molecular complexity index is 422. The van der Waals surface area contributed by atoms with Gasteiger partial charge in [-0.25, -0.2) is 0 Å². The van der Waals surface area contributed by atoms with Crippen LogP contribution < -0.4 is 0 Å². The summed E-state index contributed by atoms with van der Waals surface area (Å²) >= 11 is 0. The van der Waals surface area contributed by atoms with Crippen molar-refractivity contribution in [1.82, 2.24) is 0 Å². The van der Waals surface area contributed by atoms with Gasteiger partial charge in [0.05, 0.1) is 0 Å². The zero-order valence-corrected chi connectivity index (χ0v) is 26.5. The van der Waals surface area contributed by atoms with Crippen molar-refractivity contribution in [2.75, 3.05) is 0 Å². The first kappa shape index (κ1) is 35.0. The van der Waals surface area contributed by atoms with E-state index in [1.54, 1.807) is 0 Å². The van der Waals surface area contributed by atoms with E-state index in [9.17, 15) is 0 Å². The molecule has 0 aliphatic heterocycles. The molecule has 0 radical (unpaired) electrons. The summed E-state index contributed by atoms with van der Waals surface area (Å²) in [7, 11) is 0. The van der Waals surface area contributed by atoms with Crippen LogP contribution >= 0.6 is 0 Å². The van der Waals surface area contributed by atoms with Gasteiger partial charge in [-0.3, -0.25) is 0 Å². The first-order valence-electron chi connectivity index (χ1n) is 16.6. The standard InChI is InChI=1S/C35H72/c1-29(2)17-12-21-33(7)25-14-23-31(5)19-10-11-20-32(6)24-15-27-35(9)28-16-26-34(8)22-13-18-30(3)4/h29-35H,10-28H2,1-9H3. The summed E-state index contributed by atoms with van der Waals surface area (Å²) in [5, 5.41) is 0. The van der Waals surface area contributed by atoms with Crippen molar-refractivity contribution in [3.05, 3.63) is 0 Å². The molecule has 35 heavy (non-hydrogen) atoms. The fourth-order valence-corrected chi connectivity index (χ4v) is 5.90. The lowest BCUT2D eigenvalue weighted by atomic mass is 9.89. The summed E-state index contributed by atoms with van der Waals surface area (Å²) in [5.41, 5.74) is 0. The third kappa shape index (κ3) is 25.4. The largest absolute Gasteiger partial charge is 0.0628 e. The molecule has 0 aromatic rings. The van der Waals surface area contributed by atoms with Gasteiger partial charge < -0.3 is 0 Å². The molecule has 0 amide bonds. The number of hydrogen-bond donors (Lipinski definition) is 0. The van der Waals surface area contributed by atoms with E-state index in [0.29, 0.717) is 0 Å². The van der Waals surface area contributed by atoms with Crippen molar-refractivity contribution >= 4 is 0 Å². The summed E-state index contributed by atoms with van der Waals surface area (Å²) in [4.78, 5) is 0. The van der Waals surface area contributed by atoms with E-state index in [4.69, 9.17) is 0 Å². The van der Waals surface area contributed by atoms with Crippen molar-refractivity contribution in [2.24, 2.45) is 41.4 Å². The maximum absolute atomic E-state index is 2.51. The molecule has 5 atom stereocenters. The Morgan fingerprint density at radius 3 is 0.600 bits per heavy atom. The van der Waals surface area contributed by atoms with E-state index < -0.39 is 0 Å². The monoisotopic (exact) mass is 493 g/mol. The highest BCUT2D eigenvalue weighted by atomic mass is 14.2. The molecule has 0 aliphatic carbocycles. The molecule has 0 bridgehead atoms. The molecule has 0 aliphatic rings. The zero-order chi connectivity index (χ0) is 26.5. The SMILES string of the molecule is CC(C)CCCC(C)CCCC(C)CCCCC(C)CCCC(C)CCCC(C)CCCC(C)C. The second-order valence-electron chi connectivity index (χ2n) is 14.3. The van der Waals surface area contributed by atoms with Gasteiger partial charge in [0, 0.05) is 0 Å². The van der Waals surface area contributed by atoms with Crippen LogP contribution in [-0.2, 0) is 0 Å². The van der Waals surface area contributed by atoms with Crippen LogP contribution in [0.4, 0.5) is 0 Å². The molecule has 0 aromatic carbocycles. The first-order chi connectivity index (χ1) is 16.6. The maximum Gasteiger partial charge on any atom is -0.0443 e. The van der Waals surface area contributed by atoms with Crippen LogP contribution in [0.15, 0.2) is 0 Å². The minimum atomic E-state index is 0.876. The summed E-state index contributed by atoms with van der Waals surface area (Å²) in [6.07, 6.45) is 27.5. The molecule has 0 heteroatoms. The predicted molar refractivity (Wildman–Crippen MR) is 163 cm³/mol. The van der Waals surface area contributed by atoms with Crippen LogP contribution in [0.1, 0.15) is 184 Å². The first-order valence-corrected chi connectivity index (χ1v) is 16.6. The van der Waals surface area contributed by atoms with Crippen molar-refractivity contribution in [1.29, 1.82) is 0 Å². The summed E-state index contributed by atoms with van der Waals surface area (Å²) in [5.74, 6) is 6.43. The van der Waals surface area contributed by atoms with E-state index in [2.05, 4.69) is 62.3 Å². The fraction of sp³-hybridized carbons (Fsp3) is 1.00. The van der Waals surface area contributed by atoms with Crippen LogP contribution in [0, 0.1) is 41.4 Å². The maximum atomic E-state index is 2.51. The van der Waals surface area contributed by atoms with Crippen LogP contribution in [-0.4, -0.2) is 0 Å². The van der Waals surface area contributed by atoms with Crippen LogP contribution in [0.2, 0.25) is 0 Å². The van der Waals surface area contributed by atoms with Gasteiger partial charge >= 0.3 is 0 Å². The lowest BCUT2D eigenvalue weighted by Crippen LogP contribution is -2.02. The highest BCUT2D eigenvalue weighted by molar-refractivity contribution is 4.63. The van der Waals surface area contributed by atoms with Crippen LogP contribution in [0.3, 0.4) is 0 Å². The Labute approximate surface area is 225 Å². The zero-order valence-electron chi connectivity index (χ0n) is 26.5. The molecule has 0 spiro atoms. The molecule has 0 rings (SSSR count). The topological polar surface area (TPSA) is 0 Å². The second kappa shape index (κ2) is 23.1. The molecule has 0 heterocycles. The van der Waals surface area contributed by atoms with E-state index in [1.165, 1.54) is 122 Å². The molecule has 0 aromatic heterocycles. The van der Waals surface area contributed by atoms with Crippen LogP contribution in [0.25, 0.3) is 0 Å². The highest BCUT2D eigenvalue weighted by Crippen LogP contribution is 2.25. The molecule has 0 nitrogen and oxygen atoms in total. The Kier molecular flexibility index (Phi) is 23.1. The Morgan fingerprint density at radius 1 is 0.229 bits per heavy atom. The van der Waals surface area contributed by atoms with Gasteiger partial charge in [0.2, 0.25) is 0 Å².